The first-order chi connectivity index (χ1) is 10.5. The van der Waals surface area contributed by atoms with E-state index in [2.05, 4.69) is 55.3 Å². The average Bonchev–Trinajstić information content (AvgIpc) is 3.10. The van der Waals surface area contributed by atoms with Crippen LogP contribution >= 0.6 is 0 Å². The van der Waals surface area contributed by atoms with Crippen molar-refractivity contribution in [3.05, 3.63) is 24.3 Å². The Balaban J connectivity index is 1.55. The molecule has 1 saturated heterocycles. The van der Waals surface area contributed by atoms with Crippen molar-refractivity contribution in [3.8, 4) is 0 Å². The number of likely N-dealkylation sites (tertiary alicyclic amines) is 1. The Morgan fingerprint density at radius 2 is 1.77 bits per heavy atom. The second kappa shape index (κ2) is 7.02. The minimum absolute atomic E-state index is 0.0230. The third kappa shape index (κ3) is 3.93. The maximum absolute atomic E-state index is 3.70. The van der Waals surface area contributed by atoms with Crippen LogP contribution < -0.4 is 5.32 Å². The maximum atomic E-state index is 3.70. The van der Waals surface area contributed by atoms with Gasteiger partial charge in [-0.1, -0.05) is 30.3 Å². The Labute approximate surface area is 139 Å². The highest BCUT2D eigenvalue weighted by atomic mass is 28.2. The quantitative estimate of drug-likeness (QED) is 0.619. The molecule has 4 unspecified atom stereocenters. The Hall–Kier alpha value is -0.383. The molecule has 2 aliphatic carbocycles. The van der Waals surface area contributed by atoms with E-state index in [1.165, 1.54) is 44.6 Å². The fourth-order valence-electron chi connectivity index (χ4n) is 4.73. The number of nitrogens with one attached hydrogen (secondary N) is 1. The lowest BCUT2D eigenvalue weighted by Gasteiger charge is -2.30. The van der Waals surface area contributed by atoms with Crippen molar-refractivity contribution in [1.82, 2.24) is 10.2 Å². The highest BCUT2D eigenvalue weighted by Crippen LogP contribution is 2.45. The largest absolute Gasteiger partial charge is 0.315 e. The van der Waals surface area contributed by atoms with E-state index in [1.807, 2.05) is 0 Å². The van der Waals surface area contributed by atoms with Crippen molar-refractivity contribution in [2.75, 3.05) is 19.3 Å². The zero-order valence-corrected chi connectivity index (χ0v) is 16.1. The van der Waals surface area contributed by atoms with Gasteiger partial charge < -0.3 is 5.32 Å². The second-order valence-electron chi connectivity index (χ2n) is 8.55. The van der Waals surface area contributed by atoms with Crippen LogP contribution in [0.2, 0.25) is 6.04 Å². The van der Waals surface area contributed by atoms with Gasteiger partial charge in [0, 0.05) is 21.1 Å². The molecular formula is C19H34N2Si. The summed E-state index contributed by atoms with van der Waals surface area (Å²) in [6.45, 7) is 9.55. The molecule has 3 heteroatoms. The zero-order valence-electron chi connectivity index (χ0n) is 14.7. The second-order valence-corrected chi connectivity index (χ2v) is 10.3. The summed E-state index contributed by atoms with van der Waals surface area (Å²) in [6, 6.07) is 2.36. The van der Waals surface area contributed by atoms with Gasteiger partial charge in [-0.25, -0.2) is 0 Å². The van der Waals surface area contributed by atoms with Crippen LogP contribution in [0.15, 0.2) is 24.3 Å². The van der Waals surface area contributed by atoms with Crippen molar-refractivity contribution in [1.29, 1.82) is 0 Å². The summed E-state index contributed by atoms with van der Waals surface area (Å²) >= 11 is 0. The lowest BCUT2D eigenvalue weighted by molar-refractivity contribution is 0.210. The SMILES string of the molecule is CC(C)(C)NC[SiH2]CC1CC(N2CCCC2)C2C=CC=CC12. The molecule has 22 heavy (non-hydrogen) atoms. The van der Waals surface area contributed by atoms with E-state index < -0.39 is 0 Å². The predicted molar refractivity (Wildman–Crippen MR) is 99.1 cm³/mol. The molecule has 0 bridgehead atoms. The number of fused-ring (bicyclic) bond motifs is 1. The molecular weight excluding hydrogens is 284 g/mol. The summed E-state index contributed by atoms with van der Waals surface area (Å²) in [5, 5.41) is 3.70. The van der Waals surface area contributed by atoms with Crippen LogP contribution in [0.1, 0.15) is 40.0 Å². The summed E-state index contributed by atoms with van der Waals surface area (Å²) < 4.78 is 0. The molecule has 2 nitrogen and oxygen atoms in total. The summed E-state index contributed by atoms with van der Waals surface area (Å²) in [5.74, 6) is 2.58. The number of allylic oxidation sites excluding steroid dienone is 3. The van der Waals surface area contributed by atoms with Crippen LogP contribution in [0.3, 0.4) is 0 Å². The first-order valence-electron chi connectivity index (χ1n) is 9.39. The van der Waals surface area contributed by atoms with Crippen LogP contribution in [0.5, 0.6) is 0 Å². The van der Waals surface area contributed by atoms with Crippen molar-refractivity contribution >= 4 is 9.52 Å². The molecule has 3 aliphatic rings. The van der Waals surface area contributed by atoms with Gasteiger partial charge in [-0.15, -0.1) is 0 Å². The number of hydrogen-bond donors (Lipinski definition) is 1. The molecule has 0 radical (unpaired) electrons. The van der Waals surface area contributed by atoms with E-state index >= 15 is 0 Å². The number of hydrogen-bond acceptors (Lipinski definition) is 2. The van der Waals surface area contributed by atoms with Crippen molar-refractivity contribution in [2.24, 2.45) is 17.8 Å². The van der Waals surface area contributed by atoms with E-state index in [4.69, 9.17) is 0 Å². The molecule has 0 spiro atoms. The molecule has 2 fully saturated rings. The van der Waals surface area contributed by atoms with Crippen LogP contribution in [0, 0.1) is 17.8 Å². The molecule has 0 aromatic rings. The van der Waals surface area contributed by atoms with Gasteiger partial charge in [-0.05, 0) is 77.0 Å². The maximum Gasteiger partial charge on any atom is 0.0368 e. The Morgan fingerprint density at radius 1 is 1.09 bits per heavy atom. The minimum Gasteiger partial charge on any atom is -0.315 e. The topological polar surface area (TPSA) is 15.3 Å². The van der Waals surface area contributed by atoms with Gasteiger partial charge in [0.2, 0.25) is 0 Å². The lowest BCUT2D eigenvalue weighted by Crippen LogP contribution is -2.38. The summed E-state index contributed by atoms with van der Waals surface area (Å²) in [4.78, 5) is 2.80. The van der Waals surface area contributed by atoms with E-state index in [0.29, 0.717) is 0 Å². The molecule has 1 heterocycles. The lowest BCUT2D eigenvalue weighted by atomic mass is 9.86. The van der Waals surface area contributed by atoms with E-state index in [-0.39, 0.29) is 15.1 Å². The van der Waals surface area contributed by atoms with Crippen molar-refractivity contribution in [3.63, 3.8) is 0 Å². The Kier molecular flexibility index (Phi) is 5.26. The predicted octanol–water partition coefficient (Wildman–Crippen LogP) is 2.76. The average molecular weight is 319 g/mol. The zero-order chi connectivity index (χ0) is 15.6. The fourth-order valence-corrected chi connectivity index (χ4v) is 7.00. The molecule has 124 valence electrons. The fraction of sp³-hybridized carbons (Fsp3) is 0.789. The van der Waals surface area contributed by atoms with Crippen LogP contribution in [-0.2, 0) is 0 Å². The standard InChI is InChI=1S/C19H34N2Si/c1-19(2,3)20-14-22-13-15-12-18(21-10-6-7-11-21)17-9-5-4-8-16(15)17/h4-5,8-9,15-18,20H,6-7,10-14,22H2,1-3H3. The Morgan fingerprint density at radius 3 is 2.45 bits per heavy atom. The third-order valence-electron chi connectivity index (χ3n) is 5.77. The Bertz CT molecular complexity index is 418. The molecule has 0 aromatic carbocycles. The summed E-state index contributed by atoms with van der Waals surface area (Å²) in [6.07, 6.45) is 15.2. The monoisotopic (exact) mass is 318 g/mol. The summed E-state index contributed by atoms with van der Waals surface area (Å²) in [7, 11) is 0.0230. The van der Waals surface area contributed by atoms with Crippen LogP contribution in [0.4, 0.5) is 0 Å². The first kappa shape index (κ1) is 16.5. The molecule has 0 aromatic heterocycles. The van der Waals surface area contributed by atoms with Crippen LogP contribution in [0.25, 0.3) is 0 Å². The molecule has 4 atom stereocenters. The van der Waals surface area contributed by atoms with Gasteiger partial charge in [-0.3, -0.25) is 4.90 Å². The van der Waals surface area contributed by atoms with Gasteiger partial charge >= 0.3 is 0 Å². The van der Waals surface area contributed by atoms with Gasteiger partial charge in [0.05, 0.1) is 0 Å². The number of rotatable bonds is 5. The van der Waals surface area contributed by atoms with E-state index in [0.717, 1.165) is 23.8 Å². The molecule has 1 aliphatic heterocycles. The van der Waals surface area contributed by atoms with Gasteiger partial charge in [0.15, 0.2) is 0 Å². The smallest absolute Gasteiger partial charge is 0.0368 e. The highest BCUT2D eigenvalue weighted by molar-refractivity contribution is 6.35. The highest BCUT2D eigenvalue weighted by Gasteiger charge is 2.43. The third-order valence-corrected chi connectivity index (χ3v) is 7.53. The van der Waals surface area contributed by atoms with E-state index in [9.17, 15) is 0 Å². The number of nitrogens with zero attached hydrogens (tertiary/aromatic N) is 1. The minimum atomic E-state index is 0.0230. The van der Waals surface area contributed by atoms with E-state index in [1.54, 1.807) is 0 Å². The van der Waals surface area contributed by atoms with Gasteiger partial charge in [-0.2, -0.15) is 0 Å². The van der Waals surface area contributed by atoms with Gasteiger partial charge in [0.1, 0.15) is 0 Å². The van der Waals surface area contributed by atoms with Crippen molar-refractivity contribution < 1.29 is 0 Å². The molecule has 0 amide bonds. The first-order valence-corrected chi connectivity index (χ1v) is 11.4. The van der Waals surface area contributed by atoms with Gasteiger partial charge in [0.25, 0.3) is 0 Å². The molecule has 1 saturated carbocycles. The van der Waals surface area contributed by atoms with Crippen LogP contribution in [-0.4, -0.2) is 45.3 Å². The van der Waals surface area contributed by atoms with Crippen molar-refractivity contribution in [2.45, 2.75) is 57.7 Å². The summed E-state index contributed by atoms with van der Waals surface area (Å²) in [5.41, 5.74) is 0.288. The normalized spacial score (nSPS) is 35.8. The molecule has 3 rings (SSSR count). The molecule has 1 N–H and O–H groups in total.